The fourth-order valence-corrected chi connectivity index (χ4v) is 4.89. The minimum absolute atomic E-state index is 0.0164. The van der Waals surface area contributed by atoms with Crippen LogP contribution in [0, 0.1) is 0 Å². The average molecular weight is 368 g/mol. The molecule has 1 aromatic rings. The number of carboxylic acid groups (broad SMARTS) is 1. The van der Waals surface area contributed by atoms with Crippen LogP contribution < -0.4 is 10.0 Å². The van der Waals surface area contributed by atoms with Gasteiger partial charge in [-0.05, 0) is 43.9 Å². The van der Waals surface area contributed by atoms with Crippen molar-refractivity contribution < 1.29 is 23.1 Å². The number of carboxylic acids is 1. The molecule has 1 aromatic carbocycles. The second kappa shape index (κ2) is 7.72. The molecule has 0 aromatic heterocycles. The van der Waals surface area contributed by atoms with E-state index in [1.807, 2.05) is 0 Å². The molecule has 1 atom stereocenters. The van der Waals surface area contributed by atoms with Gasteiger partial charge in [0.25, 0.3) is 0 Å². The lowest BCUT2D eigenvalue weighted by atomic mass is 10.2. The minimum atomic E-state index is -3.79. The lowest BCUT2D eigenvalue weighted by Gasteiger charge is -2.18. The Labute approximate surface area is 147 Å². The van der Waals surface area contributed by atoms with E-state index in [1.165, 1.54) is 18.2 Å². The van der Waals surface area contributed by atoms with Crippen LogP contribution in [0.25, 0.3) is 0 Å². The molecular weight excluding hydrogens is 344 g/mol. The Balaban J connectivity index is 1.84. The van der Waals surface area contributed by atoms with Crippen LogP contribution in [0.15, 0.2) is 23.1 Å². The summed E-state index contributed by atoms with van der Waals surface area (Å²) in [7, 11) is -3.79. The number of hydrogen-bond donors (Lipinski definition) is 3. The first-order chi connectivity index (χ1) is 12.0. The molecule has 3 N–H and O–H groups in total. The lowest BCUT2D eigenvalue weighted by molar-refractivity contribution is 0.0696. The van der Waals surface area contributed by atoms with Gasteiger partial charge in [0.05, 0.1) is 17.4 Å². The molecule has 1 saturated carbocycles. The number of benzene rings is 1. The zero-order valence-corrected chi connectivity index (χ0v) is 14.8. The molecule has 1 saturated heterocycles. The van der Waals surface area contributed by atoms with Gasteiger partial charge in [-0.2, -0.15) is 0 Å². The van der Waals surface area contributed by atoms with Gasteiger partial charge in [0, 0.05) is 19.2 Å². The molecule has 25 heavy (non-hydrogen) atoms. The number of hydrogen-bond acceptors (Lipinski definition) is 5. The summed E-state index contributed by atoms with van der Waals surface area (Å²) >= 11 is 0. The Morgan fingerprint density at radius 3 is 2.60 bits per heavy atom. The highest BCUT2D eigenvalue weighted by molar-refractivity contribution is 7.89. The van der Waals surface area contributed by atoms with Crippen molar-refractivity contribution >= 4 is 21.7 Å². The quantitative estimate of drug-likeness (QED) is 0.681. The molecule has 3 rings (SSSR count). The van der Waals surface area contributed by atoms with Crippen LogP contribution >= 0.6 is 0 Å². The van der Waals surface area contributed by atoms with E-state index in [9.17, 15) is 18.3 Å². The van der Waals surface area contributed by atoms with Gasteiger partial charge in [-0.3, -0.25) is 0 Å². The molecule has 7 nitrogen and oxygen atoms in total. The fourth-order valence-electron chi connectivity index (χ4n) is 3.38. The van der Waals surface area contributed by atoms with E-state index in [0.29, 0.717) is 12.2 Å². The summed E-state index contributed by atoms with van der Waals surface area (Å²) in [6.07, 6.45) is 5.63. The Morgan fingerprint density at radius 2 is 1.96 bits per heavy atom. The summed E-state index contributed by atoms with van der Waals surface area (Å²) in [6.45, 7) is 1.22. The van der Waals surface area contributed by atoms with E-state index in [4.69, 9.17) is 4.74 Å². The van der Waals surface area contributed by atoms with Gasteiger partial charge in [-0.25, -0.2) is 17.9 Å². The first kappa shape index (κ1) is 18.2. The zero-order valence-electron chi connectivity index (χ0n) is 14.0. The maximum Gasteiger partial charge on any atom is 0.335 e. The molecule has 8 heteroatoms. The van der Waals surface area contributed by atoms with Crippen molar-refractivity contribution in [3.63, 3.8) is 0 Å². The largest absolute Gasteiger partial charge is 0.478 e. The van der Waals surface area contributed by atoms with E-state index < -0.39 is 16.0 Å². The van der Waals surface area contributed by atoms with E-state index in [2.05, 4.69) is 10.0 Å². The molecule has 0 amide bonds. The second-order valence-electron chi connectivity index (χ2n) is 6.63. The predicted molar refractivity (Wildman–Crippen MR) is 93.4 cm³/mol. The number of anilines is 1. The van der Waals surface area contributed by atoms with Crippen LogP contribution in [0.4, 0.5) is 5.69 Å². The van der Waals surface area contributed by atoms with Crippen molar-refractivity contribution in [2.24, 2.45) is 0 Å². The normalized spacial score (nSPS) is 21.5. The van der Waals surface area contributed by atoms with Crippen molar-refractivity contribution in [3.8, 4) is 0 Å². The Morgan fingerprint density at radius 1 is 1.20 bits per heavy atom. The predicted octanol–water partition coefficient (Wildman–Crippen LogP) is 2.20. The number of carbonyl (C=O) groups is 1. The van der Waals surface area contributed by atoms with Crippen LogP contribution in [0.5, 0.6) is 0 Å². The van der Waals surface area contributed by atoms with Crippen LogP contribution in [-0.2, 0) is 14.8 Å². The van der Waals surface area contributed by atoms with Crippen molar-refractivity contribution in [2.45, 2.75) is 55.6 Å². The second-order valence-corrected chi connectivity index (χ2v) is 8.32. The Hall–Kier alpha value is -1.64. The lowest BCUT2D eigenvalue weighted by Crippen LogP contribution is -2.33. The fraction of sp³-hybridized carbons (Fsp3) is 0.588. The monoisotopic (exact) mass is 368 g/mol. The first-order valence-electron chi connectivity index (χ1n) is 8.71. The molecule has 1 aliphatic carbocycles. The summed E-state index contributed by atoms with van der Waals surface area (Å²) in [5.41, 5.74) is 0.362. The van der Waals surface area contributed by atoms with Gasteiger partial charge in [-0.15, -0.1) is 0 Å². The molecule has 0 radical (unpaired) electrons. The van der Waals surface area contributed by atoms with Crippen molar-refractivity contribution in [1.29, 1.82) is 0 Å². The molecule has 0 bridgehead atoms. The van der Waals surface area contributed by atoms with Gasteiger partial charge in [0.2, 0.25) is 10.0 Å². The SMILES string of the molecule is O=C(O)c1ccc(NC[C@@H]2CCCO2)c(S(=O)(=O)NC2CCCC2)c1. The summed E-state index contributed by atoms with van der Waals surface area (Å²) in [6, 6.07) is 4.07. The Bertz CT molecular complexity index is 723. The highest BCUT2D eigenvalue weighted by atomic mass is 32.2. The summed E-state index contributed by atoms with van der Waals surface area (Å²) in [5.74, 6) is -1.15. The van der Waals surface area contributed by atoms with E-state index in [1.54, 1.807) is 0 Å². The van der Waals surface area contributed by atoms with Crippen molar-refractivity contribution in [3.05, 3.63) is 23.8 Å². The molecule has 138 valence electrons. The number of sulfonamides is 1. The molecule has 2 fully saturated rings. The third-order valence-corrected chi connectivity index (χ3v) is 6.30. The third kappa shape index (κ3) is 4.50. The molecule has 1 aliphatic heterocycles. The van der Waals surface area contributed by atoms with Crippen LogP contribution in [0.3, 0.4) is 0 Å². The maximum absolute atomic E-state index is 12.8. The van der Waals surface area contributed by atoms with Gasteiger partial charge >= 0.3 is 5.97 Å². The van der Waals surface area contributed by atoms with Crippen LogP contribution in [0.2, 0.25) is 0 Å². The first-order valence-corrected chi connectivity index (χ1v) is 10.2. The number of rotatable bonds is 7. The standard InChI is InChI=1S/C17H24N2O5S/c20-17(21)12-7-8-15(18-11-14-6-3-9-24-14)16(10-12)25(22,23)19-13-4-1-2-5-13/h7-8,10,13-14,18-19H,1-6,9,11H2,(H,20,21)/t14-/m0/s1. The average Bonchev–Trinajstić information content (AvgIpc) is 3.26. The minimum Gasteiger partial charge on any atom is -0.478 e. The van der Waals surface area contributed by atoms with Crippen LogP contribution in [0.1, 0.15) is 48.9 Å². The summed E-state index contributed by atoms with van der Waals surface area (Å²) in [5, 5.41) is 12.3. The topological polar surface area (TPSA) is 105 Å². The van der Waals surface area contributed by atoms with Gasteiger partial charge < -0.3 is 15.2 Å². The maximum atomic E-state index is 12.8. The highest BCUT2D eigenvalue weighted by Gasteiger charge is 2.26. The molecule has 0 spiro atoms. The highest BCUT2D eigenvalue weighted by Crippen LogP contribution is 2.26. The zero-order chi connectivity index (χ0) is 17.9. The molecule has 1 heterocycles. The van der Waals surface area contributed by atoms with Gasteiger partial charge in [0.15, 0.2) is 0 Å². The van der Waals surface area contributed by atoms with Gasteiger partial charge in [0.1, 0.15) is 4.90 Å². The van der Waals surface area contributed by atoms with Crippen molar-refractivity contribution in [1.82, 2.24) is 4.72 Å². The van der Waals surface area contributed by atoms with E-state index in [0.717, 1.165) is 45.1 Å². The van der Waals surface area contributed by atoms with E-state index in [-0.39, 0.29) is 22.6 Å². The van der Waals surface area contributed by atoms with Gasteiger partial charge in [-0.1, -0.05) is 12.8 Å². The number of ether oxygens (including phenoxy) is 1. The summed E-state index contributed by atoms with van der Waals surface area (Å²) < 4.78 is 33.9. The number of nitrogens with one attached hydrogen (secondary N) is 2. The molecular formula is C17H24N2O5S. The van der Waals surface area contributed by atoms with E-state index >= 15 is 0 Å². The van der Waals surface area contributed by atoms with Crippen molar-refractivity contribution in [2.75, 3.05) is 18.5 Å². The Kier molecular flexibility index (Phi) is 5.61. The number of aromatic carboxylic acids is 1. The molecule has 0 unspecified atom stereocenters. The molecule has 2 aliphatic rings. The summed E-state index contributed by atoms with van der Waals surface area (Å²) in [4.78, 5) is 11.2. The third-order valence-electron chi connectivity index (χ3n) is 4.74. The van der Waals surface area contributed by atoms with Crippen LogP contribution in [-0.4, -0.2) is 44.8 Å². The smallest absolute Gasteiger partial charge is 0.335 e.